The van der Waals surface area contributed by atoms with Gasteiger partial charge in [0.1, 0.15) is 5.75 Å². The Morgan fingerprint density at radius 1 is 0.879 bits per heavy atom. The van der Waals surface area contributed by atoms with Crippen molar-refractivity contribution in [1.29, 1.82) is 0 Å². The summed E-state index contributed by atoms with van der Waals surface area (Å²) in [4.78, 5) is 36.3. The first kappa shape index (κ1) is 23.8. The Morgan fingerprint density at radius 2 is 1.55 bits per heavy atom. The highest BCUT2D eigenvalue weighted by Crippen LogP contribution is 2.23. The van der Waals surface area contributed by atoms with Crippen LogP contribution in [0.2, 0.25) is 5.02 Å². The highest BCUT2D eigenvalue weighted by atomic mass is 35.5. The molecule has 33 heavy (non-hydrogen) atoms. The van der Waals surface area contributed by atoms with Crippen molar-refractivity contribution in [2.24, 2.45) is 0 Å². The summed E-state index contributed by atoms with van der Waals surface area (Å²) in [5.41, 5.74) is 2.79. The summed E-state index contributed by atoms with van der Waals surface area (Å²) in [5, 5.41) is 6.08. The fraction of sp³-hybridized carbons (Fsp3) is 0.160. The summed E-state index contributed by atoms with van der Waals surface area (Å²) in [6.45, 7) is 3.64. The Hall–Kier alpha value is -3.84. The van der Waals surface area contributed by atoms with Crippen LogP contribution in [0.4, 0.5) is 11.4 Å². The van der Waals surface area contributed by atoms with Gasteiger partial charge in [-0.3, -0.25) is 9.59 Å². The predicted octanol–water partition coefficient (Wildman–Crippen LogP) is 5.09. The summed E-state index contributed by atoms with van der Waals surface area (Å²) in [7, 11) is 0. The van der Waals surface area contributed by atoms with Crippen LogP contribution in [0.1, 0.15) is 33.2 Å². The van der Waals surface area contributed by atoms with Crippen molar-refractivity contribution in [1.82, 2.24) is 0 Å². The van der Waals surface area contributed by atoms with Crippen LogP contribution in [0.3, 0.4) is 0 Å². The van der Waals surface area contributed by atoms with Crippen LogP contribution in [-0.2, 0) is 9.53 Å². The van der Waals surface area contributed by atoms with E-state index in [0.29, 0.717) is 39.9 Å². The third-order valence-electron chi connectivity index (χ3n) is 4.68. The number of benzene rings is 3. The summed E-state index contributed by atoms with van der Waals surface area (Å²) in [6.07, 6.45) is 0. The molecule has 0 bridgehead atoms. The Morgan fingerprint density at radius 3 is 2.21 bits per heavy atom. The van der Waals surface area contributed by atoms with Crippen molar-refractivity contribution in [2.75, 3.05) is 23.8 Å². The number of anilines is 2. The van der Waals surface area contributed by atoms with Gasteiger partial charge in [0.25, 0.3) is 11.8 Å². The first-order chi connectivity index (χ1) is 15.9. The fourth-order valence-electron chi connectivity index (χ4n) is 2.89. The van der Waals surface area contributed by atoms with E-state index in [-0.39, 0.29) is 18.4 Å². The van der Waals surface area contributed by atoms with E-state index in [0.717, 1.165) is 5.56 Å². The van der Waals surface area contributed by atoms with Crippen LogP contribution in [-0.4, -0.2) is 31.0 Å². The maximum absolute atomic E-state index is 12.5. The monoisotopic (exact) mass is 466 g/mol. The molecular formula is C25H23ClN2O5. The number of esters is 1. The van der Waals surface area contributed by atoms with Gasteiger partial charge in [-0.2, -0.15) is 0 Å². The number of carbonyl (C=O) groups is 3. The molecule has 7 nitrogen and oxygen atoms in total. The third-order valence-corrected chi connectivity index (χ3v) is 5.09. The van der Waals surface area contributed by atoms with Crippen LogP contribution >= 0.6 is 11.6 Å². The summed E-state index contributed by atoms with van der Waals surface area (Å²) in [5.74, 6) is -0.620. The maximum Gasteiger partial charge on any atom is 0.338 e. The van der Waals surface area contributed by atoms with Crippen molar-refractivity contribution < 1.29 is 23.9 Å². The first-order valence-electron chi connectivity index (χ1n) is 10.2. The molecule has 0 aliphatic carbocycles. The van der Waals surface area contributed by atoms with Crippen molar-refractivity contribution in [2.45, 2.75) is 13.8 Å². The first-order valence-corrected chi connectivity index (χ1v) is 10.6. The lowest BCUT2D eigenvalue weighted by Crippen LogP contribution is -2.20. The van der Waals surface area contributed by atoms with Gasteiger partial charge < -0.3 is 20.1 Å². The zero-order chi connectivity index (χ0) is 23.8. The standard InChI is InChI=1S/C25H23ClN2O5/c1-3-32-25(31)18-7-11-19(12-8-18)27-23(29)15-33-20-13-9-17(10-14-20)24(30)28-22-6-4-5-21(26)16(22)2/h4-14H,3,15H2,1-2H3,(H,27,29)(H,28,30). The summed E-state index contributed by atoms with van der Waals surface area (Å²) >= 11 is 6.09. The highest BCUT2D eigenvalue weighted by molar-refractivity contribution is 6.31. The number of ether oxygens (including phenoxy) is 2. The minimum atomic E-state index is -0.418. The quantitative estimate of drug-likeness (QED) is 0.451. The molecule has 0 saturated heterocycles. The van der Waals surface area contributed by atoms with E-state index in [9.17, 15) is 14.4 Å². The molecule has 8 heteroatoms. The zero-order valence-electron chi connectivity index (χ0n) is 18.2. The number of hydrogen-bond acceptors (Lipinski definition) is 5. The zero-order valence-corrected chi connectivity index (χ0v) is 18.9. The molecule has 0 unspecified atom stereocenters. The molecule has 3 aromatic carbocycles. The summed E-state index contributed by atoms with van der Waals surface area (Å²) in [6, 6.07) is 18.1. The van der Waals surface area contributed by atoms with E-state index >= 15 is 0 Å². The number of halogens is 1. The minimum Gasteiger partial charge on any atom is -0.484 e. The van der Waals surface area contributed by atoms with E-state index in [1.165, 1.54) is 0 Å². The van der Waals surface area contributed by atoms with Crippen LogP contribution in [0.15, 0.2) is 66.7 Å². The van der Waals surface area contributed by atoms with Crippen LogP contribution in [0.25, 0.3) is 0 Å². The average molecular weight is 467 g/mol. The van der Waals surface area contributed by atoms with Gasteiger partial charge in [-0.25, -0.2) is 4.79 Å². The number of hydrogen-bond donors (Lipinski definition) is 2. The Bertz CT molecular complexity index is 1140. The number of amides is 2. The molecule has 3 aromatic rings. The van der Waals surface area contributed by atoms with Gasteiger partial charge >= 0.3 is 5.97 Å². The normalized spacial score (nSPS) is 10.3. The van der Waals surface area contributed by atoms with Gasteiger partial charge in [0.05, 0.1) is 12.2 Å². The molecule has 2 amide bonds. The van der Waals surface area contributed by atoms with E-state index in [1.807, 2.05) is 6.92 Å². The molecule has 0 spiro atoms. The summed E-state index contributed by atoms with van der Waals surface area (Å²) < 4.78 is 10.4. The molecule has 0 radical (unpaired) electrons. The van der Waals surface area contributed by atoms with Gasteiger partial charge in [0.2, 0.25) is 0 Å². The van der Waals surface area contributed by atoms with E-state index in [1.54, 1.807) is 73.7 Å². The third kappa shape index (κ3) is 6.57. The second-order valence-electron chi connectivity index (χ2n) is 7.03. The largest absolute Gasteiger partial charge is 0.484 e. The Labute approximate surface area is 196 Å². The molecular weight excluding hydrogens is 444 g/mol. The molecule has 0 aliphatic rings. The molecule has 0 heterocycles. The van der Waals surface area contributed by atoms with Gasteiger partial charge in [-0.05, 0) is 80.1 Å². The number of nitrogens with one attached hydrogen (secondary N) is 2. The van der Waals surface area contributed by atoms with E-state index in [4.69, 9.17) is 21.1 Å². The lowest BCUT2D eigenvalue weighted by molar-refractivity contribution is -0.118. The average Bonchev–Trinajstić information content (AvgIpc) is 2.81. The molecule has 2 N–H and O–H groups in total. The van der Waals surface area contributed by atoms with E-state index < -0.39 is 5.97 Å². The number of carbonyl (C=O) groups excluding carboxylic acids is 3. The number of rotatable bonds is 8. The van der Waals surface area contributed by atoms with Gasteiger partial charge in [0, 0.05) is 22.0 Å². The van der Waals surface area contributed by atoms with Gasteiger partial charge in [0.15, 0.2) is 6.61 Å². The topological polar surface area (TPSA) is 93.7 Å². The minimum absolute atomic E-state index is 0.215. The fourth-order valence-corrected chi connectivity index (χ4v) is 3.06. The molecule has 0 atom stereocenters. The maximum atomic E-state index is 12.5. The van der Waals surface area contributed by atoms with Crippen LogP contribution < -0.4 is 15.4 Å². The lowest BCUT2D eigenvalue weighted by atomic mass is 10.1. The molecule has 0 aliphatic heterocycles. The van der Waals surface area contributed by atoms with Crippen molar-refractivity contribution in [3.63, 3.8) is 0 Å². The van der Waals surface area contributed by atoms with Crippen molar-refractivity contribution in [3.8, 4) is 5.75 Å². The lowest BCUT2D eigenvalue weighted by Gasteiger charge is -2.11. The second kappa shape index (κ2) is 11.2. The molecule has 0 aromatic heterocycles. The highest BCUT2D eigenvalue weighted by Gasteiger charge is 2.11. The molecule has 0 saturated carbocycles. The smallest absolute Gasteiger partial charge is 0.338 e. The molecule has 0 fully saturated rings. The molecule has 3 rings (SSSR count). The second-order valence-corrected chi connectivity index (χ2v) is 7.43. The Balaban J connectivity index is 1.50. The molecule has 170 valence electrons. The van der Waals surface area contributed by atoms with Gasteiger partial charge in [-0.1, -0.05) is 17.7 Å². The SMILES string of the molecule is CCOC(=O)c1ccc(NC(=O)COc2ccc(C(=O)Nc3cccc(Cl)c3C)cc2)cc1. The van der Waals surface area contributed by atoms with Crippen LogP contribution in [0, 0.1) is 6.92 Å². The van der Waals surface area contributed by atoms with Crippen LogP contribution in [0.5, 0.6) is 5.75 Å². The van der Waals surface area contributed by atoms with E-state index in [2.05, 4.69) is 10.6 Å². The Kier molecular flexibility index (Phi) is 8.05. The van der Waals surface area contributed by atoms with Gasteiger partial charge in [-0.15, -0.1) is 0 Å². The van der Waals surface area contributed by atoms with Crippen molar-refractivity contribution in [3.05, 3.63) is 88.4 Å². The van der Waals surface area contributed by atoms with Crippen molar-refractivity contribution >= 4 is 40.8 Å². The predicted molar refractivity (Wildman–Crippen MR) is 127 cm³/mol.